The van der Waals surface area contributed by atoms with E-state index in [1.807, 2.05) is 64.2 Å². The first-order valence-corrected chi connectivity index (χ1v) is 5.15. The van der Waals surface area contributed by atoms with Crippen molar-refractivity contribution in [2.24, 2.45) is 5.41 Å². The standard InChI is InChI=1S/C14H20O/c1-5-6-7-8-9-10-11-12-13(15)14(2,3)4/h5-12H,1-4H3/b6-5+,8-7+,10-9+,12-11+. The van der Waals surface area contributed by atoms with Crippen LogP contribution in [0.2, 0.25) is 0 Å². The molecule has 0 radical (unpaired) electrons. The summed E-state index contributed by atoms with van der Waals surface area (Å²) in [6, 6.07) is 0. The van der Waals surface area contributed by atoms with E-state index >= 15 is 0 Å². The summed E-state index contributed by atoms with van der Waals surface area (Å²) in [4.78, 5) is 11.4. The number of allylic oxidation sites excluding steroid dienone is 8. The summed E-state index contributed by atoms with van der Waals surface area (Å²) in [6.45, 7) is 7.70. The van der Waals surface area contributed by atoms with Crippen LogP contribution < -0.4 is 0 Å². The van der Waals surface area contributed by atoms with E-state index < -0.39 is 0 Å². The molecule has 0 aromatic rings. The molecule has 0 aliphatic carbocycles. The highest BCUT2D eigenvalue weighted by Gasteiger charge is 2.17. The highest BCUT2D eigenvalue weighted by molar-refractivity contribution is 5.94. The molecule has 0 unspecified atom stereocenters. The maximum Gasteiger partial charge on any atom is 0.160 e. The molecule has 0 heterocycles. The van der Waals surface area contributed by atoms with Crippen molar-refractivity contribution in [3.8, 4) is 0 Å². The van der Waals surface area contributed by atoms with Crippen molar-refractivity contribution in [3.05, 3.63) is 48.6 Å². The minimum atomic E-state index is -0.287. The second kappa shape index (κ2) is 6.99. The lowest BCUT2D eigenvalue weighted by molar-refractivity contribution is -0.121. The summed E-state index contributed by atoms with van der Waals surface area (Å²) in [5.74, 6) is 0.143. The molecule has 0 fully saturated rings. The molecule has 1 nitrogen and oxygen atoms in total. The Kier molecular flexibility index (Phi) is 6.35. The molecule has 15 heavy (non-hydrogen) atoms. The Morgan fingerprint density at radius 1 is 0.867 bits per heavy atom. The van der Waals surface area contributed by atoms with Gasteiger partial charge in [0.25, 0.3) is 0 Å². The molecular weight excluding hydrogens is 184 g/mol. The molecular formula is C14H20O. The molecule has 0 bridgehead atoms. The zero-order valence-electron chi connectivity index (χ0n) is 10.0. The van der Waals surface area contributed by atoms with Crippen LogP contribution >= 0.6 is 0 Å². The van der Waals surface area contributed by atoms with Gasteiger partial charge in [0.15, 0.2) is 5.78 Å². The largest absolute Gasteiger partial charge is 0.294 e. The molecule has 0 saturated carbocycles. The summed E-state index contributed by atoms with van der Waals surface area (Å²) < 4.78 is 0. The fourth-order valence-corrected chi connectivity index (χ4v) is 0.761. The van der Waals surface area contributed by atoms with Crippen LogP contribution in [0.15, 0.2) is 48.6 Å². The molecule has 0 saturated heterocycles. The Labute approximate surface area is 92.9 Å². The van der Waals surface area contributed by atoms with Crippen molar-refractivity contribution in [2.45, 2.75) is 27.7 Å². The minimum absolute atomic E-state index is 0.143. The van der Waals surface area contributed by atoms with E-state index in [-0.39, 0.29) is 11.2 Å². The van der Waals surface area contributed by atoms with Gasteiger partial charge in [-0.15, -0.1) is 0 Å². The number of rotatable bonds is 4. The van der Waals surface area contributed by atoms with Gasteiger partial charge in [-0.2, -0.15) is 0 Å². The van der Waals surface area contributed by atoms with Crippen molar-refractivity contribution in [3.63, 3.8) is 0 Å². The topological polar surface area (TPSA) is 17.1 Å². The van der Waals surface area contributed by atoms with Gasteiger partial charge in [-0.3, -0.25) is 4.79 Å². The Balaban J connectivity index is 4.06. The molecule has 0 aromatic carbocycles. The molecule has 0 aliphatic rings. The van der Waals surface area contributed by atoms with Crippen LogP contribution in [0.1, 0.15) is 27.7 Å². The van der Waals surface area contributed by atoms with E-state index in [1.165, 1.54) is 0 Å². The van der Waals surface area contributed by atoms with Crippen LogP contribution in [0.25, 0.3) is 0 Å². The SMILES string of the molecule is C/C=C/C=C/C=C/C=C/C(=O)C(C)(C)C. The average Bonchev–Trinajstić information content (AvgIpc) is 2.14. The third kappa shape index (κ3) is 7.68. The lowest BCUT2D eigenvalue weighted by Gasteiger charge is -2.12. The van der Waals surface area contributed by atoms with Gasteiger partial charge in [0, 0.05) is 5.41 Å². The molecule has 0 N–H and O–H groups in total. The first-order valence-electron chi connectivity index (χ1n) is 5.15. The summed E-state index contributed by atoms with van der Waals surface area (Å²) in [6.07, 6.45) is 14.9. The van der Waals surface area contributed by atoms with Crippen LogP contribution in [0.3, 0.4) is 0 Å². The average molecular weight is 204 g/mol. The summed E-state index contributed by atoms with van der Waals surface area (Å²) >= 11 is 0. The van der Waals surface area contributed by atoms with Gasteiger partial charge >= 0.3 is 0 Å². The second-order valence-electron chi connectivity index (χ2n) is 4.27. The van der Waals surface area contributed by atoms with E-state index in [0.717, 1.165) is 0 Å². The van der Waals surface area contributed by atoms with Gasteiger partial charge in [-0.1, -0.05) is 63.3 Å². The highest BCUT2D eigenvalue weighted by atomic mass is 16.1. The van der Waals surface area contributed by atoms with Gasteiger partial charge in [0.1, 0.15) is 0 Å². The Hall–Kier alpha value is -1.37. The summed E-state index contributed by atoms with van der Waals surface area (Å²) in [5.41, 5.74) is -0.287. The maximum atomic E-state index is 11.4. The monoisotopic (exact) mass is 204 g/mol. The third-order valence-corrected chi connectivity index (χ3v) is 1.73. The second-order valence-corrected chi connectivity index (χ2v) is 4.27. The van der Waals surface area contributed by atoms with Gasteiger partial charge in [0.05, 0.1) is 0 Å². The first-order chi connectivity index (χ1) is 6.98. The Morgan fingerprint density at radius 2 is 1.33 bits per heavy atom. The van der Waals surface area contributed by atoms with Crippen molar-refractivity contribution in [2.75, 3.05) is 0 Å². The first kappa shape index (κ1) is 13.6. The lowest BCUT2D eigenvalue weighted by atomic mass is 9.91. The van der Waals surface area contributed by atoms with E-state index in [2.05, 4.69) is 0 Å². The van der Waals surface area contributed by atoms with Gasteiger partial charge in [-0.05, 0) is 13.0 Å². The van der Waals surface area contributed by atoms with Gasteiger partial charge in [0.2, 0.25) is 0 Å². The van der Waals surface area contributed by atoms with Gasteiger partial charge < -0.3 is 0 Å². The molecule has 0 spiro atoms. The van der Waals surface area contributed by atoms with Crippen molar-refractivity contribution in [1.29, 1.82) is 0 Å². The van der Waals surface area contributed by atoms with Gasteiger partial charge in [-0.25, -0.2) is 0 Å². The predicted octanol–water partition coefficient (Wildman–Crippen LogP) is 3.85. The molecule has 0 rings (SSSR count). The van der Waals surface area contributed by atoms with E-state index in [1.54, 1.807) is 12.2 Å². The number of hydrogen-bond acceptors (Lipinski definition) is 1. The Morgan fingerprint density at radius 3 is 1.80 bits per heavy atom. The normalized spacial score (nSPS) is 13.9. The fraction of sp³-hybridized carbons (Fsp3) is 0.357. The zero-order valence-corrected chi connectivity index (χ0v) is 10.0. The quantitative estimate of drug-likeness (QED) is 0.502. The maximum absolute atomic E-state index is 11.4. The summed E-state index contributed by atoms with van der Waals surface area (Å²) in [7, 11) is 0. The number of carbonyl (C=O) groups excluding carboxylic acids is 1. The van der Waals surface area contributed by atoms with Crippen molar-refractivity contribution < 1.29 is 4.79 Å². The molecule has 0 aliphatic heterocycles. The van der Waals surface area contributed by atoms with E-state index in [9.17, 15) is 4.79 Å². The number of hydrogen-bond donors (Lipinski definition) is 0. The Bertz CT molecular complexity index is 296. The highest BCUT2D eigenvalue weighted by Crippen LogP contribution is 2.14. The minimum Gasteiger partial charge on any atom is -0.294 e. The van der Waals surface area contributed by atoms with Crippen LogP contribution in [0.5, 0.6) is 0 Å². The predicted molar refractivity (Wildman–Crippen MR) is 66.7 cm³/mol. The van der Waals surface area contributed by atoms with Crippen LogP contribution in [0.4, 0.5) is 0 Å². The molecule has 0 atom stereocenters. The summed E-state index contributed by atoms with van der Waals surface area (Å²) in [5, 5.41) is 0. The van der Waals surface area contributed by atoms with Crippen LogP contribution in [0, 0.1) is 5.41 Å². The smallest absolute Gasteiger partial charge is 0.160 e. The molecule has 0 aromatic heterocycles. The van der Waals surface area contributed by atoms with Crippen molar-refractivity contribution in [1.82, 2.24) is 0 Å². The number of ketones is 1. The number of carbonyl (C=O) groups is 1. The lowest BCUT2D eigenvalue weighted by Crippen LogP contribution is -2.17. The van der Waals surface area contributed by atoms with Crippen LogP contribution in [-0.2, 0) is 4.79 Å². The van der Waals surface area contributed by atoms with E-state index in [0.29, 0.717) is 0 Å². The molecule has 0 amide bonds. The fourth-order valence-electron chi connectivity index (χ4n) is 0.761. The van der Waals surface area contributed by atoms with E-state index in [4.69, 9.17) is 0 Å². The van der Waals surface area contributed by atoms with Crippen LogP contribution in [-0.4, -0.2) is 5.78 Å². The zero-order chi connectivity index (χ0) is 11.7. The third-order valence-electron chi connectivity index (χ3n) is 1.73. The molecule has 1 heteroatoms. The molecule has 82 valence electrons. The van der Waals surface area contributed by atoms with Crippen molar-refractivity contribution >= 4 is 5.78 Å².